The summed E-state index contributed by atoms with van der Waals surface area (Å²) in [6.45, 7) is 8.37. The minimum absolute atomic E-state index is 0.0383. The average Bonchev–Trinajstić information content (AvgIpc) is 3.09. The number of aromatic nitrogens is 3. The molecule has 0 spiro atoms. The van der Waals surface area contributed by atoms with E-state index in [0.29, 0.717) is 34.0 Å². The number of esters is 1. The van der Waals surface area contributed by atoms with Gasteiger partial charge in [-0.15, -0.1) is 0 Å². The number of carbonyl (C=O) groups is 2. The van der Waals surface area contributed by atoms with E-state index in [1.165, 1.54) is 11.8 Å². The highest BCUT2D eigenvalue weighted by Gasteiger charge is 2.17. The normalized spacial score (nSPS) is 11.1. The standard InChI is InChI=1S/C22H26N4O4S/c1-5-30-21(29)15-8-6-7-9-16(15)24-18(27)12-31-22-25-17-10-14(4)23-19(17)20(28)26(22)11-13(2)3/h6-10,13,23H,5,11-12H2,1-4H3,(H,24,27). The zero-order chi connectivity index (χ0) is 22.5. The van der Waals surface area contributed by atoms with Gasteiger partial charge in [0, 0.05) is 12.2 Å². The lowest BCUT2D eigenvalue weighted by Crippen LogP contribution is -2.26. The molecule has 2 heterocycles. The summed E-state index contributed by atoms with van der Waals surface area (Å²) in [6, 6.07) is 8.51. The Morgan fingerprint density at radius 3 is 2.74 bits per heavy atom. The van der Waals surface area contributed by atoms with Crippen molar-refractivity contribution >= 4 is 40.4 Å². The van der Waals surface area contributed by atoms with Gasteiger partial charge in [0.1, 0.15) is 5.52 Å². The first-order valence-corrected chi connectivity index (χ1v) is 11.1. The number of benzene rings is 1. The lowest BCUT2D eigenvalue weighted by molar-refractivity contribution is -0.113. The van der Waals surface area contributed by atoms with Crippen LogP contribution in [0.1, 0.15) is 36.8 Å². The van der Waals surface area contributed by atoms with Gasteiger partial charge >= 0.3 is 5.97 Å². The minimum Gasteiger partial charge on any atom is -0.462 e. The van der Waals surface area contributed by atoms with Crippen LogP contribution < -0.4 is 10.9 Å². The number of para-hydroxylation sites is 1. The Morgan fingerprint density at radius 2 is 2.03 bits per heavy atom. The van der Waals surface area contributed by atoms with Gasteiger partial charge in [-0.05, 0) is 38.0 Å². The molecule has 9 heteroatoms. The third-order valence-corrected chi connectivity index (χ3v) is 5.39. The SMILES string of the molecule is CCOC(=O)c1ccccc1NC(=O)CSc1nc2cc(C)[nH]c2c(=O)n1CC(C)C. The number of thioether (sulfide) groups is 1. The predicted octanol–water partition coefficient (Wildman–Crippen LogP) is 3.60. The molecule has 31 heavy (non-hydrogen) atoms. The average molecular weight is 443 g/mol. The summed E-state index contributed by atoms with van der Waals surface area (Å²) in [5.74, 6) is -0.529. The van der Waals surface area contributed by atoms with E-state index in [1.54, 1.807) is 35.8 Å². The van der Waals surface area contributed by atoms with E-state index in [0.717, 1.165) is 5.69 Å². The third-order valence-electron chi connectivity index (χ3n) is 4.41. The topological polar surface area (TPSA) is 106 Å². The van der Waals surface area contributed by atoms with Crippen LogP contribution in [0.5, 0.6) is 0 Å². The molecule has 0 atom stereocenters. The summed E-state index contributed by atoms with van der Waals surface area (Å²) in [6.07, 6.45) is 0. The fourth-order valence-corrected chi connectivity index (χ4v) is 3.95. The maximum atomic E-state index is 12.9. The number of amides is 1. The van der Waals surface area contributed by atoms with Crippen molar-refractivity contribution < 1.29 is 14.3 Å². The van der Waals surface area contributed by atoms with E-state index < -0.39 is 5.97 Å². The molecule has 0 unspecified atom stereocenters. The monoisotopic (exact) mass is 442 g/mol. The van der Waals surface area contributed by atoms with E-state index in [2.05, 4.69) is 15.3 Å². The Hall–Kier alpha value is -3.07. The number of nitrogens with one attached hydrogen (secondary N) is 2. The maximum Gasteiger partial charge on any atom is 0.340 e. The van der Waals surface area contributed by atoms with Crippen LogP contribution in [0.3, 0.4) is 0 Å². The predicted molar refractivity (Wildman–Crippen MR) is 122 cm³/mol. The van der Waals surface area contributed by atoms with Crippen LogP contribution >= 0.6 is 11.8 Å². The number of ether oxygens (including phenoxy) is 1. The van der Waals surface area contributed by atoms with Crippen molar-refractivity contribution in [3.63, 3.8) is 0 Å². The molecule has 8 nitrogen and oxygen atoms in total. The number of H-pyrrole nitrogens is 1. The number of aromatic amines is 1. The van der Waals surface area contributed by atoms with Crippen molar-refractivity contribution in [3.05, 3.63) is 51.9 Å². The van der Waals surface area contributed by atoms with Crippen molar-refractivity contribution in [2.75, 3.05) is 17.7 Å². The van der Waals surface area contributed by atoms with E-state index in [9.17, 15) is 14.4 Å². The largest absolute Gasteiger partial charge is 0.462 e. The number of nitrogens with zero attached hydrogens (tertiary/aromatic N) is 2. The number of anilines is 1. The van der Waals surface area contributed by atoms with Crippen LogP contribution in [0.25, 0.3) is 11.0 Å². The number of aryl methyl sites for hydroxylation is 1. The zero-order valence-electron chi connectivity index (χ0n) is 18.0. The molecule has 3 aromatic rings. The molecule has 1 amide bonds. The van der Waals surface area contributed by atoms with E-state index in [-0.39, 0.29) is 29.7 Å². The number of fused-ring (bicyclic) bond motifs is 1. The Kier molecular flexibility index (Phi) is 7.17. The molecule has 0 radical (unpaired) electrons. The maximum absolute atomic E-state index is 12.9. The molecule has 1 aromatic carbocycles. The molecule has 164 valence electrons. The zero-order valence-corrected chi connectivity index (χ0v) is 18.8. The molecule has 2 N–H and O–H groups in total. The molecule has 0 bridgehead atoms. The highest BCUT2D eigenvalue weighted by Crippen LogP contribution is 2.21. The van der Waals surface area contributed by atoms with Crippen molar-refractivity contribution in [2.24, 2.45) is 5.92 Å². The van der Waals surface area contributed by atoms with Gasteiger partial charge in [-0.1, -0.05) is 37.7 Å². The molecule has 0 aliphatic rings. The molecule has 0 aliphatic heterocycles. The molecular weight excluding hydrogens is 416 g/mol. The Bertz CT molecular complexity index is 1170. The fourth-order valence-electron chi connectivity index (χ4n) is 3.14. The third kappa shape index (κ3) is 5.35. The van der Waals surface area contributed by atoms with Gasteiger partial charge < -0.3 is 15.0 Å². The summed E-state index contributed by atoms with van der Waals surface area (Å²) >= 11 is 1.19. The van der Waals surface area contributed by atoms with Crippen molar-refractivity contribution in [1.29, 1.82) is 0 Å². The first-order chi connectivity index (χ1) is 14.8. The van der Waals surface area contributed by atoms with E-state index >= 15 is 0 Å². The van der Waals surface area contributed by atoms with Gasteiger partial charge in [-0.3, -0.25) is 14.2 Å². The summed E-state index contributed by atoms with van der Waals surface area (Å²) in [5, 5.41) is 3.24. The molecule has 0 fully saturated rings. The highest BCUT2D eigenvalue weighted by molar-refractivity contribution is 7.99. The number of carbonyl (C=O) groups excluding carboxylic acids is 2. The van der Waals surface area contributed by atoms with Crippen LogP contribution in [0, 0.1) is 12.8 Å². The van der Waals surface area contributed by atoms with E-state index in [1.807, 2.05) is 26.8 Å². The van der Waals surface area contributed by atoms with Crippen LogP contribution in [-0.4, -0.2) is 38.8 Å². The van der Waals surface area contributed by atoms with Gasteiger partial charge in [0.25, 0.3) is 5.56 Å². The van der Waals surface area contributed by atoms with Gasteiger partial charge in [-0.2, -0.15) is 0 Å². The van der Waals surface area contributed by atoms with Crippen LogP contribution in [0.15, 0.2) is 40.3 Å². The number of rotatable bonds is 8. The van der Waals surface area contributed by atoms with Gasteiger partial charge in [0.15, 0.2) is 5.16 Å². The summed E-state index contributed by atoms with van der Waals surface area (Å²) in [7, 11) is 0. The second-order valence-corrected chi connectivity index (χ2v) is 8.46. The Morgan fingerprint density at radius 1 is 1.29 bits per heavy atom. The summed E-state index contributed by atoms with van der Waals surface area (Å²) in [4.78, 5) is 45.3. The Labute approximate surface area is 184 Å². The van der Waals surface area contributed by atoms with Crippen LogP contribution in [0.4, 0.5) is 5.69 Å². The first-order valence-electron chi connectivity index (χ1n) is 10.1. The van der Waals surface area contributed by atoms with Crippen molar-refractivity contribution in [2.45, 2.75) is 39.4 Å². The first kappa shape index (κ1) is 22.6. The van der Waals surface area contributed by atoms with E-state index in [4.69, 9.17) is 4.74 Å². The second kappa shape index (κ2) is 9.82. The summed E-state index contributed by atoms with van der Waals surface area (Å²) < 4.78 is 6.65. The molecule has 3 rings (SSSR count). The minimum atomic E-state index is -0.494. The fraction of sp³-hybridized carbons (Fsp3) is 0.364. The molecule has 2 aromatic heterocycles. The van der Waals surface area contributed by atoms with Gasteiger partial charge in [0.05, 0.1) is 29.1 Å². The lowest BCUT2D eigenvalue weighted by Gasteiger charge is -2.14. The summed E-state index contributed by atoms with van der Waals surface area (Å²) in [5.41, 5.74) is 2.43. The van der Waals surface area contributed by atoms with Crippen LogP contribution in [-0.2, 0) is 16.1 Å². The molecule has 0 saturated carbocycles. The van der Waals surface area contributed by atoms with Crippen molar-refractivity contribution in [3.8, 4) is 0 Å². The number of hydrogen-bond donors (Lipinski definition) is 2. The Balaban J connectivity index is 1.80. The second-order valence-electron chi connectivity index (χ2n) is 7.52. The smallest absolute Gasteiger partial charge is 0.340 e. The van der Waals surface area contributed by atoms with Crippen molar-refractivity contribution in [1.82, 2.24) is 14.5 Å². The van der Waals surface area contributed by atoms with Gasteiger partial charge in [-0.25, -0.2) is 9.78 Å². The van der Waals surface area contributed by atoms with Crippen LogP contribution in [0.2, 0.25) is 0 Å². The molecule has 0 saturated heterocycles. The lowest BCUT2D eigenvalue weighted by atomic mass is 10.2. The quantitative estimate of drug-likeness (QED) is 0.314. The number of hydrogen-bond acceptors (Lipinski definition) is 6. The van der Waals surface area contributed by atoms with Gasteiger partial charge in [0.2, 0.25) is 5.91 Å². The molecule has 0 aliphatic carbocycles. The molecular formula is C22H26N4O4S. The highest BCUT2D eigenvalue weighted by atomic mass is 32.2.